The van der Waals surface area contributed by atoms with Crippen LogP contribution in [0.1, 0.15) is 18.4 Å². The molecule has 0 radical (unpaired) electrons. The highest BCUT2D eigenvalue weighted by Gasteiger charge is 2.22. The number of nitrogens with zero attached hydrogens (tertiary/aromatic N) is 4. The average Bonchev–Trinajstić information content (AvgIpc) is 3.24. The highest BCUT2D eigenvalue weighted by Crippen LogP contribution is 2.22. The number of benzene rings is 2. The number of hydrogen-bond acceptors (Lipinski definition) is 6. The molecular weight excluding hydrogens is 400 g/mol. The van der Waals surface area contributed by atoms with E-state index in [9.17, 15) is 0 Å². The Morgan fingerprint density at radius 3 is 2.47 bits per heavy atom. The first kappa shape index (κ1) is 21.0. The Morgan fingerprint density at radius 2 is 1.73 bits per heavy atom. The van der Waals surface area contributed by atoms with E-state index in [-0.39, 0.29) is 0 Å². The summed E-state index contributed by atoms with van der Waals surface area (Å²) in [7, 11) is 0. The molecule has 0 amide bonds. The van der Waals surface area contributed by atoms with Crippen molar-refractivity contribution in [3.05, 3.63) is 71.1 Å². The molecule has 4 rings (SSSR count). The van der Waals surface area contributed by atoms with Gasteiger partial charge in [0.15, 0.2) is 0 Å². The molecule has 2 heterocycles. The molecule has 1 aromatic heterocycles. The fraction of sp³-hybridized carbons (Fsp3) is 0.391. The van der Waals surface area contributed by atoms with Crippen LogP contribution in [0.2, 0.25) is 5.02 Å². The molecule has 1 aliphatic heterocycles. The van der Waals surface area contributed by atoms with Crippen LogP contribution in [-0.2, 0) is 17.8 Å². The van der Waals surface area contributed by atoms with Crippen molar-refractivity contribution >= 4 is 11.6 Å². The minimum Gasteiger partial charge on any atom is -0.419 e. The Labute approximate surface area is 182 Å². The number of ether oxygens (including phenoxy) is 1. The molecule has 30 heavy (non-hydrogen) atoms. The number of aromatic nitrogens is 2. The van der Waals surface area contributed by atoms with E-state index >= 15 is 0 Å². The monoisotopic (exact) mass is 426 g/mol. The predicted molar refractivity (Wildman–Crippen MR) is 117 cm³/mol. The van der Waals surface area contributed by atoms with Gasteiger partial charge in [-0.1, -0.05) is 41.9 Å². The molecule has 0 N–H and O–H groups in total. The first-order valence-corrected chi connectivity index (χ1v) is 10.7. The lowest BCUT2D eigenvalue weighted by Crippen LogP contribution is -2.45. The van der Waals surface area contributed by atoms with E-state index in [2.05, 4.69) is 51.2 Å². The van der Waals surface area contributed by atoms with E-state index in [4.69, 9.17) is 20.8 Å². The van der Waals surface area contributed by atoms with E-state index in [1.807, 2.05) is 30.3 Å². The Balaban J connectivity index is 1.48. The molecule has 158 valence electrons. The van der Waals surface area contributed by atoms with Gasteiger partial charge < -0.3 is 9.15 Å². The van der Waals surface area contributed by atoms with Crippen LogP contribution in [0.25, 0.3) is 11.5 Å². The van der Waals surface area contributed by atoms with Crippen LogP contribution in [0.4, 0.5) is 0 Å². The lowest BCUT2D eigenvalue weighted by molar-refractivity contribution is 0.0216. The average molecular weight is 427 g/mol. The second kappa shape index (κ2) is 10.2. The van der Waals surface area contributed by atoms with E-state index in [1.54, 1.807) is 0 Å². The van der Waals surface area contributed by atoms with Crippen molar-refractivity contribution in [1.29, 1.82) is 0 Å². The van der Waals surface area contributed by atoms with Crippen molar-refractivity contribution in [2.75, 3.05) is 32.8 Å². The molecule has 7 heteroatoms. The summed E-state index contributed by atoms with van der Waals surface area (Å²) < 4.78 is 11.5. The molecule has 1 fully saturated rings. The molecular formula is C23H27ClN4O2. The summed E-state index contributed by atoms with van der Waals surface area (Å²) in [5.74, 6) is 1.13. The number of halogens is 1. The van der Waals surface area contributed by atoms with Crippen LogP contribution in [0, 0.1) is 0 Å². The second-order valence-corrected chi connectivity index (χ2v) is 8.10. The Bertz CT molecular complexity index is 910. The van der Waals surface area contributed by atoms with Crippen molar-refractivity contribution in [2.24, 2.45) is 0 Å². The first-order valence-electron chi connectivity index (χ1n) is 10.3. The first-order chi connectivity index (χ1) is 14.7. The van der Waals surface area contributed by atoms with Gasteiger partial charge in [0, 0.05) is 42.8 Å². The summed E-state index contributed by atoms with van der Waals surface area (Å²) >= 11 is 5.98. The normalized spacial score (nSPS) is 16.1. The summed E-state index contributed by atoms with van der Waals surface area (Å²) in [6, 6.07) is 18.3. The standard InChI is InChI=1S/C23H27ClN4O2/c1-18(15-27-11-13-29-14-12-27)28(16-19-5-3-2-4-6-19)17-22-25-26-23(30-22)20-7-9-21(24)10-8-20/h2-10,18H,11-17H2,1H3. The van der Waals surface area contributed by atoms with Crippen LogP contribution in [0.5, 0.6) is 0 Å². The quantitative estimate of drug-likeness (QED) is 0.540. The zero-order valence-corrected chi connectivity index (χ0v) is 18.0. The van der Waals surface area contributed by atoms with Gasteiger partial charge in [-0.05, 0) is 36.8 Å². The Morgan fingerprint density at radius 1 is 1.00 bits per heavy atom. The molecule has 1 unspecified atom stereocenters. The summed E-state index contributed by atoms with van der Waals surface area (Å²) in [5.41, 5.74) is 2.14. The Hall–Kier alpha value is -2.25. The van der Waals surface area contributed by atoms with Crippen molar-refractivity contribution in [2.45, 2.75) is 26.1 Å². The van der Waals surface area contributed by atoms with Crippen LogP contribution in [0.15, 0.2) is 59.0 Å². The van der Waals surface area contributed by atoms with Gasteiger partial charge in [0.1, 0.15) is 0 Å². The summed E-state index contributed by atoms with van der Waals surface area (Å²) in [5, 5.41) is 9.22. The third-order valence-electron chi connectivity index (χ3n) is 5.37. The van der Waals surface area contributed by atoms with Gasteiger partial charge in [0.2, 0.25) is 11.8 Å². The largest absolute Gasteiger partial charge is 0.419 e. The van der Waals surface area contributed by atoms with Gasteiger partial charge in [0.05, 0.1) is 19.8 Å². The fourth-order valence-corrected chi connectivity index (χ4v) is 3.78. The van der Waals surface area contributed by atoms with Crippen molar-refractivity contribution < 1.29 is 9.15 Å². The molecule has 1 saturated heterocycles. The molecule has 0 aliphatic carbocycles. The molecule has 0 bridgehead atoms. The van der Waals surface area contributed by atoms with Gasteiger partial charge in [-0.15, -0.1) is 10.2 Å². The van der Waals surface area contributed by atoms with Gasteiger partial charge in [0.25, 0.3) is 0 Å². The molecule has 0 spiro atoms. The van der Waals surface area contributed by atoms with Crippen molar-refractivity contribution in [3.63, 3.8) is 0 Å². The van der Waals surface area contributed by atoms with Crippen LogP contribution >= 0.6 is 11.6 Å². The molecule has 3 aromatic rings. The van der Waals surface area contributed by atoms with E-state index in [0.717, 1.165) is 45.0 Å². The smallest absolute Gasteiger partial charge is 0.247 e. The third kappa shape index (κ3) is 5.67. The summed E-state index contributed by atoms with van der Waals surface area (Å²) in [6.07, 6.45) is 0. The maximum atomic E-state index is 5.98. The summed E-state index contributed by atoms with van der Waals surface area (Å²) in [4.78, 5) is 4.85. The zero-order valence-electron chi connectivity index (χ0n) is 17.2. The number of morpholine rings is 1. The van der Waals surface area contributed by atoms with E-state index < -0.39 is 0 Å². The number of rotatable bonds is 8. The highest BCUT2D eigenvalue weighted by molar-refractivity contribution is 6.30. The topological polar surface area (TPSA) is 54.6 Å². The summed E-state index contributed by atoms with van der Waals surface area (Å²) in [6.45, 7) is 8.23. The van der Waals surface area contributed by atoms with Crippen LogP contribution in [-0.4, -0.2) is 58.9 Å². The molecule has 1 aliphatic rings. The van der Waals surface area contributed by atoms with Gasteiger partial charge in [-0.2, -0.15) is 0 Å². The van der Waals surface area contributed by atoms with Crippen molar-refractivity contribution in [1.82, 2.24) is 20.0 Å². The van der Waals surface area contributed by atoms with Crippen molar-refractivity contribution in [3.8, 4) is 11.5 Å². The van der Waals surface area contributed by atoms with E-state index in [1.165, 1.54) is 5.56 Å². The zero-order chi connectivity index (χ0) is 20.8. The SMILES string of the molecule is CC(CN1CCOCC1)N(Cc1ccccc1)Cc1nnc(-c2ccc(Cl)cc2)o1. The lowest BCUT2D eigenvalue weighted by Gasteiger charge is -2.34. The lowest BCUT2D eigenvalue weighted by atomic mass is 10.1. The van der Waals surface area contributed by atoms with Gasteiger partial charge in [-0.3, -0.25) is 9.80 Å². The number of hydrogen-bond donors (Lipinski definition) is 0. The molecule has 0 saturated carbocycles. The van der Waals surface area contributed by atoms with Crippen LogP contribution < -0.4 is 0 Å². The third-order valence-corrected chi connectivity index (χ3v) is 5.63. The van der Waals surface area contributed by atoms with E-state index in [0.29, 0.717) is 29.4 Å². The van der Waals surface area contributed by atoms with Gasteiger partial charge in [-0.25, -0.2) is 0 Å². The maximum absolute atomic E-state index is 5.98. The van der Waals surface area contributed by atoms with Gasteiger partial charge >= 0.3 is 0 Å². The highest BCUT2D eigenvalue weighted by atomic mass is 35.5. The minimum atomic E-state index is 0.328. The fourth-order valence-electron chi connectivity index (χ4n) is 3.66. The second-order valence-electron chi connectivity index (χ2n) is 7.66. The Kier molecular flexibility index (Phi) is 7.12. The predicted octanol–water partition coefficient (Wildman–Crippen LogP) is 4.11. The van der Waals surface area contributed by atoms with Crippen LogP contribution in [0.3, 0.4) is 0 Å². The molecule has 6 nitrogen and oxygen atoms in total. The molecule has 1 atom stereocenters. The molecule has 2 aromatic carbocycles. The maximum Gasteiger partial charge on any atom is 0.247 e. The minimum absolute atomic E-state index is 0.328.